The van der Waals surface area contributed by atoms with E-state index in [-0.39, 0.29) is 25.0 Å². The molecule has 0 aliphatic carbocycles. The molecule has 7 heteroatoms. The Morgan fingerprint density at radius 1 is 1.07 bits per heavy atom. The number of hydrogen-bond donors (Lipinski definition) is 2. The fraction of sp³-hybridized carbons (Fsp3) is 0.333. The summed E-state index contributed by atoms with van der Waals surface area (Å²) in [5.74, 6) is -0.0628. The van der Waals surface area contributed by atoms with Crippen molar-refractivity contribution in [2.24, 2.45) is 0 Å². The zero-order valence-electron chi connectivity index (χ0n) is 16.6. The number of carbonyl (C=O) groups is 2. The van der Waals surface area contributed by atoms with E-state index >= 15 is 0 Å². The normalized spacial score (nSPS) is 11.4. The highest BCUT2D eigenvalue weighted by atomic mass is 16.5. The predicted molar refractivity (Wildman–Crippen MR) is 107 cm³/mol. The van der Waals surface area contributed by atoms with Crippen LogP contribution < -0.4 is 19.7 Å². The van der Waals surface area contributed by atoms with Crippen molar-refractivity contribution in [2.75, 3.05) is 32.2 Å². The van der Waals surface area contributed by atoms with E-state index in [0.29, 0.717) is 17.2 Å². The van der Waals surface area contributed by atoms with Crippen molar-refractivity contribution in [1.29, 1.82) is 0 Å². The Labute approximate surface area is 164 Å². The molecule has 28 heavy (non-hydrogen) atoms. The van der Waals surface area contributed by atoms with Gasteiger partial charge in [-0.2, -0.15) is 0 Å². The molecule has 0 saturated carbocycles. The maximum Gasteiger partial charge on any atom is 0.323 e. The molecule has 2 N–H and O–H groups in total. The van der Waals surface area contributed by atoms with Gasteiger partial charge in [0.1, 0.15) is 6.54 Å². The zero-order valence-corrected chi connectivity index (χ0v) is 16.6. The Kier molecular flexibility index (Phi) is 7.26. The monoisotopic (exact) mass is 386 g/mol. The van der Waals surface area contributed by atoms with Crippen molar-refractivity contribution in [3.8, 4) is 11.5 Å². The highest BCUT2D eigenvalue weighted by Gasteiger charge is 2.19. The number of rotatable bonds is 9. The number of anilines is 1. The number of nitrogens with zero attached hydrogens (tertiary/aromatic N) is 1. The van der Waals surface area contributed by atoms with Crippen LogP contribution in [0.5, 0.6) is 11.5 Å². The SMILES string of the molecule is COc1cc(C)c(C(C)NC(=O)CN(CC(=O)O)c2ccccc2)cc1OC. The van der Waals surface area contributed by atoms with E-state index in [4.69, 9.17) is 14.6 Å². The third-order valence-electron chi connectivity index (χ3n) is 4.40. The van der Waals surface area contributed by atoms with Crippen LogP contribution in [-0.2, 0) is 9.59 Å². The average Bonchev–Trinajstić information content (AvgIpc) is 2.67. The number of ether oxygens (including phenoxy) is 2. The van der Waals surface area contributed by atoms with E-state index in [1.807, 2.05) is 32.0 Å². The van der Waals surface area contributed by atoms with Crippen molar-refractivity contribution in [2.45, 2.75) is 19.9 Å². The van der Waals surface area contributed by atoms with Gasteiger partial charge in [-0.1, -0.05) is 18.2 Å². The first-order valence-corrected chi connectivity index (χ1v) is 8.89. The molecule has 0 heterocycles. The second kappa shape index (κ2) is 9.64. The summed E-state index contributed by atoms with van der Waals surface area (Å²) in [6, 6.07) is 12.4. The summed E-state index contributed by atoms with van der Waals surface area (Å²) in [5.41, 5.74) is 2.53. The molecule has 0 saturated heterocycles. The van der Waals surface area contributed by atoms with Gasteiger partial charge in [-0.25, -0.2) is 0 Å². The van der Waals surface area contributed by atoms with Crippen LogP contribution in [0.1, 0.15) is 24.1 Å². The average molecular weight is 386 g/mol. The van der Waals surface area contributed by atoms with Crippen LogP contribution in [0.2, 0.25) is 0 Å². The van der Waals surface area contributed by atoms with Crippen molar-refractivity contribution in [1.82, 2.24) is 5.32 Å². The van der Waals surface area contributed by atoms with E-state index in [0.717, 1.165) is 11.1 Å². The van der Waals surface area contributed by atoms with Crippen LogP contribution >= 0.6 is 0 Å². The lowest BCUT2D eigenvalue weighted by Gasteiger charge is -2.24. The van der Waals surface area contributed by atoms with Gasteiger partial charge in [-0.3, -0.25) is 9.59 Å². The maximum absolute atomic E-state index is 12.6. The fourth-order valence-electron chi connectivity index (χ4n) is 3.04. The second-order valence-electron chi connectivity index (χ2n) is 6.44. The van der Waals surface area contributed by atoms with E-state index < -0.39 is 5.97 Å². The Morgan fingerprint density at radius 3 is 2.25 bits per heavy atom. The van der Waals surface area contributed by atoms with Gasteiger partial charge in [0.15, 0.2) is 11.5 Å². The Bertz CT molecular complexity index is 823. The van der Waals surface area contributed by atoms with E-state index in [9.17, 15) is 9.59 Å². The lowest BCUT2D eigenvalue weighted by Crippen LogP contribution is -2.40. The first-order valence-electron chi connectivity index (χ1n) is 8.89. The number of hydrogen-bond acceptors (Lipinski definition) is 5. The summed E-state index contributed by atoms with van der Waals surface area (Å²) < 4.78 is 10.6. The molecule has 0 fully saturated rings. The summed E-state index contributed by atoms with van der Waals surface area (Å²) in [4.78, 5) is 25.3. The minimum absolute atomic E-state index is 0.0625. The molecule has 0 radical (unpaired) electrons. The third-order valence-corrected chi connectivity index (χ3v) is 4.40. The van der Waals surface area contributed by atoms with Gasteiger partial charge in [0.05, 0.1) is 26.8 Å². The number of nitrogens with one attached hydrogen (secondary N) is 1. The topological polar surface area (TPSA) is 88.1 Å². The Balaban J connectivity index is 2.13. The molecule has 1 atom stereocenters. The van der Waals surface area contributed by atoms with Crippen LogP contribution in [0.3, 0.4) is 0 Å². The molecule has 2 rings (SSSR count). The summed E-state index contributed by atoms with van der Waals surface area (Å²) >= 11 is 0. The van der Waals surface area contributed by atoms with E-state index in [2.05, 4.69) is 5.32 Å². The molecule has 0 aliphatic heterocycles. The van der Waals surface area contributed by atoms with E-state index in [1.54, 1.807) is 38.5 Å². The number of methoxy groups -OCH3 is 2. The number of carboxylic acid groups (broad SMARTS) is 1. The number of aliphatic carboxylic acids is 1. The molecule has 150 valence electrons. The van der Waals surface area contributed by atoms with Gasteiger partial charge >= 0.3 is 5.97 Å². The highest BCUT2D eigenvalue weighted by Crippen LogP contribution is 2.32. The molecule has 2 aromatic carbocycles. The second-order valence-corrected chi connectivity index (χ2v) is 6.44. The zero-order chi connectivity index (χ0) is 20.7. The summed E-state index contributed by atoms with van der Waals surface area (Å²) in [6.45, 7) is 3.48. The van der Waals surface area contributed by atoms with Crippen LogP contribution in [0.15, 0.2) is 42.5 Å². The molecule has 1 amide bonds. The Morgan fingerprint density at radius 2 is 1.68 bits per heavy atom. The van der Waals surface area contributed by atoms with Crippen LogP contribution in [0, 0.1) is 6.92 Å². The van der Waals surface area contributed by atoms with E-state index in [1.165, 1.54) is 4.90 Å². The molecule has 0 spiro atoms. The smallest absolute Gasteiger partial charge is 0.323 e. The molecular weight excluding hydrogens is 360 g/mol. The fourth-order valence-corrected chi connectivity index (χ4v) is 3.04. The van der Waals surface area contributed by atoms with Gasteiger partial charge in [0.2, 0.25) is 5.91 Å². The Hall–Kier alpha value is -3.22. The standard InChI is InChI=1S/C21H26N2O5/c1-14-10-18(27-3)19(28-4)11-17(14)15(2)22-20(24)12-23(13-21(25)26)16-8-6-5-7-9-16/h5-11,15H,12-13H2,1-4H3,(H,22,24)(H,25,26). The lowest BCUT2D eigenvalue weighted by atomic mass is 10.0. The molecule has 0 aromatic heterocycles. The predicted octanol–water partition coefficient (Wildman–Crippen LogP) is 2.78. The first-order chi connectivity index (χ1) is 13.3. The van der Waals surface area contributed by atoms with Crippen molar-refractivity contribution in [3.63, 3.8) is 0 Å². The number of aryl methyl sites for hydroxylation is 1. The maximum atomic E-state index is 12.6. The first kappa shape index (κ1) is 21.1. The van der Waals surface area contributed by atoms with Crippen LogP contribution in [-0.4, -0.2) is 44.3 Å². The van der Waals surface area contributed by atoms with Crippen molar-refractivity contribution >= 4 is 17.6 Å². The highest BCUT2D eigenvalue weighted by molar-refractivity contribution is 5.84. The van der Waals surface area contributed by atoms with Crippen LogP contribution in [0.25, 0.3) is 0 Å². The minimum atomic E-state index is -1.000. The van der Waals surface area contributed by atoms with Gasteiger partial charge in [-0.05, 0) is 49.2 Å². The minimum Gasteiger partial charge on any atom is -0.493 e. The molecule has 7 nitrogen and oxygen atoms in total. The summed E-state index contributed by atoms with van der Waals surface area (Å²) in [5, 5.41) is 12.1. The summed E-state index contributed by atoms with van der Waals surface area (Å²) in [7, 11) is 3.13. The molecule has 2 aromatic rings. The van der Waals surface area contributed by atoms with Gasteiger partial charge in [0.25, 0.3) is 0 Å². The quantitative estimate of drug-likeness (QED) is 0.689. The van der Waals surface area contributed by atoms with Crippen molar-refractivity contribution < 1.29 is 24.2 Å². The number of carbonyl (C=O) groups excluding carboxylic acids is 1. The molecule has 0 bridgehead atoms. The third kappa shape index (κ3) is 5.39. The van der Waals surface area contributed by atoms with Gasteiger partial charge in [0, 0.05) is 5.69 Å². The van der Waals surface area contributed by atoms with Crippen molar-refractivity contribution in [3.05, 3.63) is 53.6 Å². The molecule has 1 unspecified atom stereocenters. The largest absolute Gasteiger partial charge is 0.493 e. The van der Waals surface area contributed by atoms with Crippen LogP contribution in [0.4, 0.5) is 5.69 Å². The number of amides is 1. The number of carboxylic acids is 1. The van der Waals surface area contributed by atoms with Gasteiger partial charge in [-0.15, -0.1) is 0 Å². The lowest BCUT2D eigenvalue weighted by molar-refractivity contribution is -0.135. The van der Waals surface area contributed by atoms with Gasteiger partial charge < -0.3 is 24.8 Å². The molecular formula is C21H26N2O5. The molecule has 0 aliphatic rings. The summed E-state index contributed by atoms with van der Waals surface area (Å²) in [6.07, 6.45) is 0. The number of benzene rings is 2. The number of para-hydroxylation sites is 1.